The lowest BCUT2D eigenvalue weighted by atomic mass is 9.78. The van der Waals surface area contributed by atoms with Crippen molar-refractivity contribution in [2.24, 2.45) is 5.84 Å². The molecule has 3 N–H and O–H groups in total. The average Bonchev–Trinajstić information content (AvgIpc) is 2.94. The lowest BCUT2D eigenvalue weighted by Gasteiger charge is -2.42. The van der Waals surface area contributed by atoms with Crippen LogP contribution in [0.3, 0.4) is 0 Å². The van der Waals surface area contributed by atoms with Crippen molar-refractivity contribution in [1.82, 2.24) is 20.2 Å². The summed E-state index contributed by atoms with van der Waals surface area (Å²) in [5.74, 6) is 6.78. The van der Waals surface area contributed by atoms with E-state index in [9.17, 15) is 0 Å². The Morgan fingerprint density at radius 2 is 2.10 bits per heavy atom. The number of hydrogen-bond donors (Lipinski definition) is 2. The minimum absolute atomic E-state index is 0.0644. The van der Waals surface area contributed by atoms with E-state index in [1.54, 1.807) is 13.4 Å². The van der Waals surface area contributed by atoms with Crippen LogP contribution in [-0.4, -0.2) is 33.5 Å². The minimum Gasteiger partial charge on any atom is -0.377 e. The summed E-state index contributed by atoms with van der Waals surface area (Å²) in [5, 5.41) is 4.29. The van der Waals surface area contributed by atoms with E-state index >= 15 is 0 Å². The van der Waals surface area contributed by atoms with E-state index in [0.29, 0.717) is 6.04 Å². The van der Waals surface area contributed by atoms with Gasteiger partial charge >= 0.3 is 0 Å². The molecule has 20 heavy (non-hydrogen) atoms. The fourth-order valence-corrected chi connectivity index (χ4v) is 3.28. The molecule has 1 aliphatic carbocycles. The molecule has 0 aliphatic heterocycles. The molecule has 0 bridgehead atoms. The normalized spacial score (nSPS) is 20.2. The third kappa shape index (κ3) is 3.02. The number of nitrogens with one attached hydrogen (secondary N) is 1. The van der Waals surface area contributed by atoms with Gasteiger partial charge < -0.3 is 4.74 Å². The third-order valence-electron chi connectivity index (χ3n) is 4.47. The zero-order valence-corrected chi connectivity index (χ0v) is 12.8. The molecular formula is C14H27N5O. The number of aromatic nitrogens is 3. The first-order valence-corrected chi connectivity index (χ1v) is 7.52. The molecule has 0 amide bonds. The largest absolute Gasteiger partial charge is 0.377 e. The first-order chi connectivity index (χ1) is 9.63. The molecule has 1 heterocycles. The summed E-state index contributed by atoms with van der Waals surface area (Å²) in [6, 6.07) is 0.366. The smallest absolute Gasteiger partial charge is 0.138 e. The summed E-state index contributed by atoms with van der Waals surface area (Å²) in [6.07, 6.45) is 8.13. The molecule has 1 atom stereocenters. The van der Waals surface area contributed by atoms with Gasteiger partial charge in [-0.05, 0) is 26.7 Å². The van der Waals surface area contributed by atoms with Crippen LogP contribution in [0.5, 0.6) is 0 Å². The fraction of sp³-hybridized carbons (Fsp3) is 0.857. The molecule has 0 aromatic carbocycles. The molecule has 1 saturated carbocycles. The first-order valence-electron chi connectivity index (χ1n) is 7.52. The second-order valence-corrected chi connectivity index (χ2v) is 5.97. The number of rotatable bonds is 6. The third-order valence-corrected chi connectivity index (χ3v) is 4.47. The van der Waals surface area contributed by atoms with Gasteiger partial charge in [-0.3, -0.25) is 11.3 Å². The van der Waals surface area contributed by atoms with Gasteiger partial charge in [0.1, 0.15) is 12.2 Å². The number of hydrogen-bond acceptors (Lipinski definition) is 5. The van der Waals surface area contributed by atoms with Gasteiger partial charge in [0.2, 0.25) is 0 Å². The van der Waals surface area contributed by atoms with Crippen molar-refractivity contribution < 1.29 is 4.74 Å². The maximum Gasteiger partial charge on any atom is 0.138 e. The maximum atomic E-state index is 5.88. The number of ether oxygens (including phenoxy) is 1. The lowest BCUT2D eigenvalue weighted by Crippen LogP contribution is -2.56. The van der Waals surface area contributed by atoms with Crippen molar-refractivity contribution in [3.8, 4) is 0 Å². The number of nitrogens with zero attached hydrogens (tertiary/aromatic N) is 3. The van der Waals surface area contributed by atoms with Crippen LogP contribution in [0.25, 0.3) is 0 Å². The van der Waals surface area contributed by atoms with Crippen LogP contribution in [0.4, 0.5) is 0 Å². The summed E-state index contributed by atoms with van der Waals surface area (Å²) in [4.78, 5) is 4.39. The summed E-state index contributed by atoms with van der Waals surface area (Å²) < 4.78 is 7.84. The Bertz CT molecular complexity index is 411. The minimum atomic E-state index is -0.180. The van der Waals surface area contributed by atoms with E-state index in [1.807, 2.05) is 4.68 Å². The molecule has 6 heteroatoms. The van der Waals surface area contributed by atoms with Gasteiger partial charge in [0, 0.05) is 19.6 Å². The predicted octanol–water partition coefficient (Wildman–Crippen LogP) is 1.58. The number of methoxy groups -OCH3 is 1. The second kappa shape index (κ2) is 6.65. The van der Waals surface area contributed by atoms with Crippen LogP contribution in [0.2, 0.25) is 0 Å². The summed E-state index contributed by atoms with van der Waals surface area (Å²) in [7, 11) is 1.79. The summed E-state index contributed by atoms with van der Waals surface area (Å²) >= 11 is 0. The fourth-order valence-electron chi connectivity index (χ4n) is 3.28. The Kier molecular flexibility index (Phi) is 5.12. The van der Waals surface area contributed by atoms with E-state index in [2.05, 4.69) is 29.4 Å². The molecular weight excluding hydrogens is 254 g/mol. The zero-order valence-electron chi connectivity index (χ0n) is 12.8. The van der Waals surface area contributed by atoms with Gasteiger partial charge in [0.05, 0.1) is 11.6 Å². The van der Waals surface area contributed by atoms with E-state index in [1.165, 1.54) is 19.3 Å². The van der Waals surface area contributed by atoms with Crippen molar-refractivity contribution in [3.63, 3.8) is 0 Å². The van der Waals surface area contributed by atoms with Crippen LogP contribution >= 0.6 is 0 Å². The van der Waals surface area contributed by atoms with E-state index in [4.69, 9.17) is 10.6 Å². The van der Waals surface area contributed by atoms with E-state index in [0.717, 1.165) is 25.1 Å². The Balaban J connectivity index is 2.17. The highest BCUT2D eigenvalue weighted by molar-refractivity contribution is 5.01. The van der Waals surface area contributed by atoms with Crippen LogP contribution < -0.4 is 11.3 Å². The van der Waals surface area contributed by atoms with Crippen molar-refractivity contribution >= 4 is 0 Å². The SMILES string of the molecule is COC1(C(Cc2ncnn2C(C)C)NN)CCCCC1. The molecule has 1 unspecified atom stereocenters. The van der Waals surface area contributed by atoms with Gasteiger partial charge in [-0.1, -0.05) is 19.3 Å². The molecule has 6 nitrogen and oxygen atoms in total. The molecule has 1 aromatic rings. The standard InChI is InChI=1S/C14H27N5O/c1-11(2)19-13(16-10-17-19)9-12(18-15)14(20-3)7-5-4-6-8-14/h10-12,18H,4-9,15H2,1-3H3. The van der Waals surface area contributed by atoms with Crippen molar-refractivity contribution in [2.45, 2.75) is 70.1 Å². The highest BCUT2D eigenvalue weighted by Gasteiger charge is 2.40. The Morgan fingerprint density at radius 1 is 1.40 bits per heavy atom. The second-order valence-electron chi connectivity index (χ2n) is 5.97. The van der Waals surface area contributed by atoms with Crippen LogP contribution in [0, 0.1) is 0 Å². The quantitative estimate of drug-likeness (QED) is 0.611. The molecule has 0 radical (unpaired) electrons. The molecule has 1 aromatic heterocycles. The molecule has 0 saturated heterocycles. The first kappa shape index (κ1) is 15.4. The van der Waals surface area contributed by atoms with Gasteiger partial charge in [0.15, 0.2) is 0 Å². The van der Waals surface area contributed by atoms with Gasteiger partial charge in [0.25, 0.3) is 0 Å². The van der Waals surface area contributed by atoms with Gasteiger partial charge in [-0.15, -0.1) is 0 Å². The van der Waals surface area contributed by atoms with Crippen molar-refractivity contribution in [2.75, 3.05) is 7.11 Å². The topological polar surface area (TPSA) is 78.0 Å². The van der Waals surface area contributed by atoms with Gasteiger partial charge in [-0.25, -0.2) is 9.67 Å². The lowest BCUT2D eigenvalue weighted by molar-refractivity contribution is -0.0680. The van der Waals surface area contributed by atoms with E-state index in [-0.39, 0.29) is 11.6 Å². The Hall–Kier alpha value is -0.980. The summed E-state index contributed by atoms with van der Waals surface area (Å²) in [5.41, 5.74) is 2.78. The monoisotopic (exact) mass is 281 g/mol. The zero-order chi connectivity index (χ0) is 14.6. The Labute approximate surface area is 121 Å². The average molecular weight is 281 g/mol. The highest BCUT2D eigenvalue weighted by atomic mass is 16.5. The van der Waals surface area contributed by atoms with Crippen LogP contribution in [-0.2, 0) is 11.2 Å². The van der Waals surface area contributed by atoms with Crippen molar-refractivity contribution in [1.29, 1.82) is 0 Å². The number of nitrogens with two attached hydrogens (primary N) is 1. The number of hydrazine groups is 1. The molecule has 0 spiro atoms. The molecule has 2 rings (SSSR count). The molecule has 1 fully saturated rings. The van der Waals surface area contributed by atoms with Crippen LogP contribution in [0.15, 0.2) is 6.33 Å². The summed E-state index contributed by atoms with van der Waals surface area (Å²) in [6.45, 7) is 4.21. The van der Waals surface area contributed by atoms with Gasteiger partial charge in [-0.2, -0.15) is 5.10 Å². The molecule has 114 valence electrons. The van der Waals surface area contributed by atoms with Crippen LogP contribution in [0.1, 0.15) is 57.8 Å². The predicted molar refractivity (Wildman–Crippen MR) is 78.0 cm³/mol. The van der Waals surface area contributed by atoms with E-state index < -0.39 is 0 Å². The Morgan fingerprint density at radius 3 is 2.65 bits per heavy atom. The molecule has 1 aliphatic rings. The highest BCUT2D eigenvalue weighted by Crippen LogP contribution is 2.35. The maximum absolute atomic E-state index is 5.88. The van der Waals surface area contributed by atoms with Crippen molar-refractivity contribution in [3.05, 3.63) is 12.2 Å².